The van der Waals surface area contributed by atoms with Crippen LogP contribution in [0.3, 0.4) is 0 Å². The first-order valence-electron chi connectivity index (χ1n) is 2.66. The zero-order valence-electron chi connectivity index (χ0n) is 5.57. The van der Waals surface area contributed by atoms with Crippen LogP contribution in [0, 0.1) is 26.2 Å². The van der Waals surface area contributed by atoms with Gasteiger partial charge in [-0.05, 0) is 24.3 Å². The summed E-state index contributed by atoms with van der Waals surface area (Å²) in [7, 11) is 1.59. The van der Waals surface area contributed by atoms with E-state index in [9.17, 15) is 0 Å². The second-order valence-corrected chi connectivity index (χ2v) is 1.70. The molecule has 1 aromatic carbocycles. The van der Waals surface area contributed by atoms with Gasteiger partial charge in [-0.2, -0.15) is 0 Å². The van der Waals surface area contributed by atoms with E-state index in [0.29, 0.717) is 0 Å². The average molecular weight is 335 g/mol. The molecule has 3 heteroatoms. The summed E-state index contributed by atoms with van der Waals surface area (Å²) < 4.78 is 4.86. The molecule has 0 amide bonds. The quantitative estimate of drug-likeness (QED) is 0.834. The third kappa shape index (κ3) is 2.53. The van der Waals surface area contributed by atoms with E-state index in [1.54, 1.807) is 31.4 Å². The fourth-order valence-corrected chi connectivity index (χ4v) is 0.582. The normalized spacial score (nSPS) is 8.10. The topological polar surface area (TPSA) is 29.5 Å². The van der Waals surface area contributed by atoms with Gasteiger partial charge in [-0.3, -0.25) is 0 Å². The Hall–Kier alpha value is -0.297. The molecule has 0 saturated heterocycles. The minimum atomic E-state index is 0. The summed E-state index contributed by atoms with van der Waals surface area (Å²) in [4.78, 5) is 0. The number of aromatic hydroxyl groups is 1. The van der Waals surface area contributed by atoms with Crippen molar-refractivity contribution in [1.29, 1.82) is 0 Å². The van der Waals surface area contributed by atoms with E-state index in [1.165, 1.54) is 0 Å². The molecule has 0 aliphatic rings. The first-order valence-corrected chi connectivity index (χ1v) is 2.66. The second kappa shape index (κ2) is 4.51. The van der Waals surface area contributed by atoms with Crippen LogP contribution in [0.4, 0.5) is 0 Å². The molecule has 1 aromatic rings. The predicted octanol–water partition coefficient (Wildman–Crippen LogP) is 1.13. The van der Waals surface area contributed by atoms with Crippen LogP contribution >= 0.6 is 0 Å². The van der Waals surface area contributed by atoms with Crippen molar-refractivity contribution < 1.29 is 36.0 Å². The van der Waals surface area contributed by atoms with Crippen molar-refractivity contribution in [3.05, 3.63) is 24.3 Å². The summed E-state index contributed by atoms with van der Waals surface area (Å²) in [6.45, 7) is 0. The van der Waals surface area contributed by atoms with E-state index < -0.39 is 0 Å². The SMILES string of the molecule is COc1ccc(O)cc1.[AtH]. The van der Waals surface area contributed by atoms with Crippen LogP contribution < -0.4 is 4.74 Å². The number of ether oxygens (including phenoxy) is 1. The van der Waals surface area contributed by atoms with Gasteiger partial charge in [-0.25, -0.2) is 0 Å². The van der Waals surface area contributed by atoms with Gasteiger partial charge in [0.15, 0.2) is 0 Å². The van der Waals surface area contributed by atoms with E-state index in [0.717, 1.165) is 5.75 Å². The maximum atomic E-state index is 8.80. The number of phenolic OH excluding ortho intramolecular Hbond substituents is 1. The van der Waals surface area contributed by atoms with Crippen LogP contribution in [0.5, 0.6) is 11.5 Å². The molecule has 0 spiro atoms. The van der Waals surface area contributed by atoms with Crippen molar-refractivity contribution in [3.8, 4) is 11.5 Å². The maximum absolute atomic E-state index is 8.80. The molecule has 1 N–H and O–H groups in total. The molecular formula is C7H9AtO2. The Bertz CT molecular complexity index is 183. The number of rotatable bonds is 1. The number of hydrogen-bond donors (Lipinski definition) is 1. The Morgan fingerprint density at radius 3 is 2.10 bits per heavy atom. The van der Waals surface area contributed by atoms with E-state index in [-0.39, 0.29) is 32.0 Å². The number of methoxy groups -OCH3 is 1. The molecule has 0 unspecified atom stereocenters. The molecule has 0 aromatic heterocycles. The van der Waals surface area contributed by atoms with E-state index in [1.807, 2.05) is 0 Å². The Morgan fingerprint density at radius 2 is 1.70 bits per heavy atom. The molecule has 0 heterocycles. The van der Waals surface area contributed by atoms with E-state index in [2.05, 4.69) is 0 Å². The van der Waals surface area contributed by atoms with Crippen molar-refractivity contribution >= 4 is 0 Å². The molecule has 0 aliphatic carbocycles. The molecule has 0 radical (unpaired) electrons. The molecule has 2 nitrogen and oxygen atoms in total. The summed E-state index contributed by atoms with van der Waals surface area (Å²) >= 11 is 0. The van der Waals surface area contributed by atoms with Gasteiger partial charge in [0.05, 0.1) is 7.11 Å². The third-order valence-corrected chi connectivity index (χ3v) is 1.07. The standard InChI is InChI=1S/C7H8O2.AtH/c1-9-7-4-2-6(8)3-5-7;/h2-5,8H,1H3;1H. The zero-order chi connectivity index (χ0) is 6.69. The zero-order valence-corrected chi connectivity index (χ0v) is 8.75. The van der Waals surface area contributed by atoms with Crippen LogP contribution in [0.1, 0.15) is 0 Å². The molecule has 0 fully saturated rings. The van der Waals surface area contributed by atoms with Crippen LogP contribution in [0.2, 0.25) is 0 Å². The van der Waals surface area contributed by atoms with Crippen molar-refractivity contribution in [2.24, 2.45) is 0 Å². The Balaban J connectivity index is 0.000000810. The van der Waals surface area contributed by atoms with Gasteiger partial charge in [-0.15, -0.1) is 0 Å². The first-order chi connectivity index (χ1) is 4.33. The molecule has 56 valence electrons. The van der Waals surface area contributed by atoms with Gasteiger partial charge in [0.1, 0.15) is 11.5 Å². The van der Waals surface area contributed by atoms with Crippen molar-refractivity contribution in [2.45, 2.75) is 0 Å². The Labute approximate surface area is 79.0 Å². The van der Waals surface area contributed by atoms with Gasteiger partial charge in [-0.1, -0.05) is 0 Å². The fraction of sp³-hybridized carbons (Fsp3) is 0.143. The second-order valence-electron chi connectivity index (χ2n) is 1.70. The molecule has 0 bridgehead atoms. The molecule has 10 heavy (non-hydrogen) atoms. The number of phenols is 1. The molecular weight excluding hydrogens is 326 g/mol. The van der Waals surface area contributed by atoms with Gasteiger partial charge in [0.2, 0.25) is 0 Å². The van der Waals surface area contributed by atoms with Gasteiger partial charge in [0, 0.05) is 0 Å². The number of benzene rings is 1. The van der Waals surface area contributed by atoms with Crippen molar-refractivity contribution in [3.63, 3.8) is 0 Å². The first kappa shape index (κ1) is 9.70. The monoisotopic (exact) mass is 335 g/mol. The Kier molecular flexibility index (Phi) is 4.37. The summed E-state index contributed by atoms with van der Waals surface area (Å²) in [5, 5.41) is 8.80. The van der Waals surface area contributed by atoms with Crippen LogP contribution in [-0.4, -0.2) is 12.2 Å². The minimum absolute atomic E-state index is 0. The van der Waals surface area contributed by atoms with Gasteiger partial charge >= 0.3 is 26.2 Å². The van der Waals surface area contributed by atoms with Gasteiger partial charge < -0.3 is 9.84 Å². The van der Waals surface area contributed by atoms with Crippen LogP contribution in [-0.2, 0) is 0 Å². The summed E-state index contributed by atoms with van der Waals surface area (Å²) in [5.74, 6) is 1.02. The van der Waals surface area contributed by atoms with E-state index >= 15 is 0 Å². The summed E-state index contributed by atoms with van der Waals surface area (Å²) in [6.07, 6.45) is 0. The van der Waals surface area contributed by atoms with Gasteiger partial charge in [0.25, 0.3) is 0 Å². The number of hydrogen-bond acceptors (Lipinski definition) is 2. The summed E-state index contributed by atoms with van der Waals surface area (Å²) in [5.41, 5.74) is 0. The molecule has 0 aliphatic heterocycles. The van der Waals surface area contributed by atoms with Crippen LogP contribution in [0.25, 0.3) is 0 Å². The summed E-state index contributed by atoms with van der Waals surface area (Å²) in [6, 6.07) is 6.57. The Morgan fingerprint density at radius 1 is 1.20 bits per heavy atom. The molecule has 0 saturated carbocycles. The van der Waals surface area contributed by atoms with Crippen molar-refractivity contribution in [1.82, 2.24) is 0 Å². The van der Waals surface area contributed by atoms with Crippen molar-refractivity contribution in [2.75, 3.05) is 7.11 Å². The molecule has 0 atom stereocenters. The average Bonchev–Trinajstić information content (AvgIpc) is 1.90. The fourth-order valence-electron chi connectivity index (χ4n) is 0.582. The predicted molar refractivity (Wildman–Crippen MR) is 36.1 cm³/mol. The molecule has 1 rings (SSSR count). The van der Waals surface area contributed by atoms with Crippen LogP contribution in [0.15, 0.2) is 24.3 Å². The van der Waals surface area contributed by atoms with E-state index in [4.69, 9.17) is 9.84 Å². The third-order valence-electron chi connectivity index (χ3n) is 1.07.